The van der Waals surface area contributed by atoms with Crippen molar-refractivity contribution in [2.75, 3.05) is 0 Å². The van der Waals surface area contributed by atoms with Crippen LogP contribution in [0.1, 0.15) is 5.56 Å². The Hall–Kier alpha value is -2.06. The van der Waals surface area contributed by atoms with Gasteiger partial charge in [0.2, 0.25) is 0 Å². The molecule has 0 amide bonds. The average molecular weight is 337 g/mol. The van der Waals surface area contributed by atoms with Gasteiger partial charge in [0.05, 0.1) is 0 Å². The van der Waals surface area contributed by atoms with E-state index in [0.29, 0.717) is 0 Å². The Labute approximate surface area is 131 Å². The molecular weight excluding hydrogens is 324 g/mol. The molecule has 0 aliphatic heterocycles. The third-order valence-electron chi connectivity index (χ3n) is 3.89. The summed E-state index contributed by atoms with van der Waals surface area (Å²) in [6, 6.07) is 21.0. The number of hydrogen-bond acceptors (Lipinski definition) is 1. The van der Waals surface area contributed by atoms with E-state index < -0.39 is 0 Å². The molecule has 0 bridgehead atoms. The fourth-order valence-corrected chi connectivity index (χ4v) is 3.18. The third kappa shape index (κ3) is 2.07. The number of fused-ring (bicyclic) bond motifs is 3. The Bertz CT molecular complexity index is 966. The first-order valence-corrected chi connectivity index (χ1v) is 7.69. The van der Waals surface area contributed by atoms with Crippen LogP contribution in [0.2, 0.25) is 0 Å². The molecule has 1 aromatic heterocycles. The largest absolute Gasteiger partial charge is 0.456 e. The van der Waals surface area contributed by atoms with Crippen LogP contribution in [0.25, 0.3) is 33.1 Å². The predicted molar refractivity (Wildman–Crippen MR) is 91.6 cm³/mol. The van der Waals surface area contributed by atoms with Gasteiger partial charge >= 0.3 is 0 Å². The van der Waals surface area contributed by atoms with Crippen molar-refractivity contribution in [1.29, 1.82) is 0 Å². The van der Waals surface area contributed by atoms with Crippen molar-refractivity contribution in [1.82, 2.24) is 0 Å². The van der Waals surface area contributed by atoms with E-state index in [1.165, 1.54) is 21.7 Å². The van der Waals surface area contributed by atoms with Gasteiger partial charge < -0.3 is 4.42 Å². The Balaban J connectivity index is 2.02. The van der Waals surface area contributed by atoms with Crippen LogP contribution < -0.4 is 0 Å². The molecule has 0 saturated heterocycles. The molecule has 0 saturated carbocycles. The zero-order valence-corrected chi connectivity index (χ0v) is 13.1. The van der Waals surface area contributed by atoms with Crippen LogP contribution in [0.4, 0.5) is 0 Å². The summed E-state index contributed by atoms with van der Waals surface area (Å²) in [5.41, 5.74) is 3.31. The van der Waals surface area contributed by atoms with Gasteiger partial charge in [0.25, 0.3) is 0 Å². The summed E-state index contributed by atoms with van der Waals surface area (Å²) in [6.45, 7) is 2.11. The van der Waals surface area contributed by atoms with Crippen molar-refractivity contribution in [3.05, 3.63) is 70.7 Å². The van der Waals surface area contributed by atoms with E-state index in [4.69, 9.17) is 4.42 Å². The van der Waals surface area contributed by atoms with Crippen LogP contribution in [0.3, 0.4) is 0 Å². The summed E-state index contributed by atoms with van der Waals surface area (Å²) in [5, 5.41) is 3.60. The van der Waals surface area contributed by atoms with Gasteiger partial charge in [-0.25, -0.2) is 0 Å². The first-order chi connectivity index (χ1) is 10.2. The molecule has 3 aromatic carbocycles. The Morgan fingerprint density at radius 1 is 0.857 bits per heavy atom. The SMILES string of the molecule is Cc1ccccc1-c1cc2c(ccc3cc(Br)ccc32)o1. The van der Waals surface area contributed by atoms with E-state index in [1.54, 1.807) is 0 Å². The fourth-order valence-electron chi connectivity index (χ4n) is 2.80. The van der Waals surface area contributed by atoms with Gasteiger partial charge in [0.15, 0.2) is 0 Å². The lowest BCUT2D eigenvalue weighted by Crippen LogP contribution is -1.78. The van der Waals surface area contributed by atoms with E-state index in [9.17, 15) is 0 Å². The minimum Gasteiger partial charge on any atom is -0.456 e. The highest BCUT2D eigenvalue weighted by Gasteiger charge is 2.10. The van der Waals surface area contributed by atoms with E-state index in [2.05, 4.69) is 71.4 Å². The number of aryl methyl sites for hydroxylation is 1. The summed E-state index contributed by atoms with van der Waals surface area (Å²) in [7, 11) is 0. The monoisotopic (exact) mass is 336 g/mol. The molecule has 2 heteroatoms. The molecule has 0 N–H and O–H groups in total. The minimum absolute atomic E-state index is 0.929. The Morgan fingerprint density at radius 2 is 1.71 bits per heavy atom. The predicted octanol–water partition coefficient (Wildman–Crippen LogP) is 6.32. The fraction of sp³-hybridized carbons (Fsp3) is 0.0526. The van der Waals surface area contributed by atoms with E-state index in [0.717, 1.165) is 21.4 Å². The molecule has 1 nitrogen and oxygen atoms in total. The molecule has 4 aromatic rings. The van der Waals surface area contributed by atoms with Gasteiger partial charge in [-0.2, -0.15) is 0 Å². The van der Waals surface area contributed by atoms with Crippen molar-refractivity contribution >= 4 is 37.7 Å². The average Bonchev–Trinajstić information content (AvgIpc) is 2.91. The van der Waals surface area contributed by atoms with Crippen molar-refractivity contribution in [3.8, 4) is 11.3 Å². The second-order valence-corrected chi connectivity index (χ2v) is 6.18. The molecule has 0 radical (unpaired) electrons. The van der Waals surface area contributed by atoms with Crippen molar-refractivity contribution in [2.24, 2.45) is 0 Å². The van der Waals surface area contributed by atoms with Gasteiger partial charge in [-0.05, 0) is 47.5 Å². The summed E-state index contributed by atoms with van der Waals surface area (Å²) >= 11 is 3.52. The highest BCUT2D eigenvalue weighted by atomic mass is 79.9. The summed E-state index contributed by atoms with van der Waals surface area (Å²) in [4.78, 5) is 0. The molecule has 0 spiro atoms. The first kappa shape index (κ1) is 12.7. The molecule has 0 aliphatic rings. The van der Waals surface area contributed by atoms with Crippen LogP contribution in [0.5, 0.6) is 0 Å². The van der Waals surface area contributed by atoms with E-state index >= 15 is 0 Å². The van der Waals surface area contributed by atoms with Gasteiger partial charge in [0.1, 0.15) is 11.3 Å². The molecule has 0 aliphatic carbocycles. The molecule has 102 valence electrons. The van der Waals surface area contributed by atoms with Crippen molar-refractivity contribution < 1.29 is 4.42 Å². The van der Waals surface area contributed by atoms with Gasteiger partial charge in [-0.3, -0.25) is 0 Å². The molecule has 0 atom stereocenters. The highest BCUT2D eigenvalue weighted by molar-refractivity contribution is 9.10. The normalized spacial score (nSPS) is 11.3. The van der Waals surface area contributed by atoms with Gasteiger partial charge in [-0.1, -0.05) is 52.3 Å². The maximum Gasteiger partial charge on any atom is 0.135 e. The van der Waals surface area contributed by atoms with Crippen LogP contribution in [-0.4, -0.2) is 0 Å². The van der Waals surface area contributed by atoms with Crippen LogP contribution in [-0.2, 0) is 0 Å². The minimum atomic E-state index is 0.929. The third-order valence-corrected chi connectivity index (χ3v) is 4.38. The van der Waals surface area contributed by atoms with E-state index in [1.807, 2.05) is 12.1 Å². The number of benzene rings is 3. The molecule has 1 heterocycles. The number of rotatable bonds is 1. The lowest BCUT2D eigenvalue weighted by Gasteiger charge is -2.00. The zero-order chi connectivity index (χ0) is 14.4. The topological polar surface area (TPSA) is 13.1 Å². The molecule has 4 rings (SSSR count). The lowest BCUT2D eigenvalue weighted by atomic mass is 10.0. The second kappa shape index (κ2) is 4.74. The Morgan fingerprint density at radius 3 is 2.57 bits per heavy atom. The highest BCUT2D eigenvalue weighted by Crippen LogP contribution is 2.34. The zero-order valence-electron chi connectivity index (χ0n) is 11.6. The smallest absolute Gasteiger partial charge is 0.135 e. The van der Waals surface area contributed by atoms with Crippen LogP contribution in [0.15, 0.2) is 69.6 Å². The summed E-state index contributed by atoms with van der Waals surface area (Å²) in [5.74, 6) is 0.929. The lowest BCUT2D eigenvalue weighted by molar-refractivity contribution is 0.631. The molecular formula is C19H13BrO. The number of hydrogen-bond donors (Lipinski definition) is 0. The maximum absolute atomic E-state index is 6.06. The van der Waals surface area contributed by atoms with Crippen molar-refractivity contribution in [3.63, 3.8) is 0 Å². The molecule has 0 fully saturated rings. The summed E-state index contributed by atoms with van der Waals surface area (Å²) < 4.78 is 7.16. The van der Waals surface area contributed by atoms with Gasteiger partial charge in [0, 0.05) is 15.4 Å². The molecule has 21 heavy (non-hydrogen) atoms. The number of furan rings is 1. The van der Waals surface area contributed by atoms with Crippen molar-refractivity contribution in [2.45, 2.75) is 6.92 Å². The first-order valence-electron chi connectivity index (χ1n) is 6.90. The Kier molecular flexibility index (Phi) is 2.86. The quantitative estimate of drug-likeness (QED) is 0.396. The second-order valence-electron chi connectivity index (χ2n) is 5.27. The van der Waals surface area contributed by atoms with Crippen LogP contribution >= 0.6 is 15.9 Å². The number of halogens is 1. The summed E-state index contributed by atoms with van der Waals surface area (Å²) in [6.07, 6.45) is 0. The molecule has 0 unspecified atom stereocenters. The van der Waals surface area contributed by atoms with Crippen LogP contribution in [0, 0.1) is 6.92 Å². The maximum atomic E-state index is 6.06. The standard InChI is InChI=1S/C19H13BrO/c1-12-4-2-3-5-15(12)19-11-17-16-8-7-14(20)10-13(16)6-9-18(17)21-19/h2-11H,1H3. The van der Waals surface area contributed by atoms with Gasteiger partial charge in [-0.15, -0.1) is 0 Å². The van der Waals surface area contributed by atoms with E-state index in [-0.39, 0.29) is 0 Å².